The summed E-state index contributed by atoms with van der Waals surface area (Å²) in [7, 11) is 0. The Balaban J connectivity index is 2.55. The molecule has 0 aliphatic rings. The van der Waals surface area contributed by atoms with Crippen molar-refractivity contribution in [3.05, 3.63) is 47.5 Å². The zero-order chi connectivity index (χ0) is 15.4. The number of rotatable bonds is 1. The molecule has 1 heterocycles. The fourth-order valence-corrected chi connectivity index (χ4v) is 2.79. The maximum Gasteiger partial charge on any atom is 0.305 e. The van der Waals surface area contributed by atoms with E-state index in [0.717, 1.165) is 5.39 Å². The summed E-state index contributed by atoms with van der Waals surface area (Å²) in [6, 6.07) is 10.9. The topological polar surface area (TPSA) is 73.8 Å². The zero-order valence-electron chi connectivity index (χ0n) is 12.2. The lowest BCUT2D eigenvalue weighted by molar-refractivity contribution is -0.323. The standard InChI is InChI=1S/C17H18O4/c1-16(2,3)11-8-9-13-14(15(11)17(18,19)20)10-6-4-5-7-12(10)21-13/h4-9,18-20H,1-3H3. The Morgan fingerprint density at radius 3 is 2.14 bits per heavy atom. The number of para-hydroxylation sites is 1. The van der Waals surface area contributed by atoms with E-state index in [0.29, 0.717) is 22.1 Å². The van der Waals surface area contributed by atoms with E-state index in [9.17, 15) is 15.3 Å². The van der Waals surface area contributed by atoms with Crippen LogP contribution in [0.25, 0.3) is 21.9 Å². The fraction of sp³-hybridized carbons (Fsp3) is 0.294. The maximum absolute atomic E-state index is 9.88. The van der Waals surface area contributed by atoms with E-state index < -0.39 is 5.97 Å². The van der Waals surface area contributed by atoms with Gasteiger partial charge in [0.05, 0.1) is 5.56 Å². The molecule has 4 nitrogen and oxygen atoms in total. The van der Waals surface area contributed by atoms with Crippen molar-refractivity contribution in [2.45, 2.75) is 32.2 Å². The first-order chi connectivity index (χ1) is 9.69. The third kappa shape index (κ3) is 2.21. The Morgan fingerprint density at radius 2 is 1.52 bits per heavy atom. The molecule has 4 heteroatoms. The quantitative estimate of drug-likeness (QED) is 0.601. The summed E-state index contributed by atoms with van der Waals surface area (Å²) in [5.74, 6) is -2.92. The zero-order valence-corrected chi connectivity index (χ0v) is 12.2. The Labute approximate surface area is 122 Å². The average molecular weight is 286 g/mol. The van der Waals surface area contributed by atoms with Crippen LogP contribution in [-0.4, -0.2) is 15.3 Å². The average Bonchev–Trinajstić information content (AvgIpc) is 2.73. The van der Waals surface area contributed by atoms with Gasteiger partial charge in [-0.3, -0.25) is 0 Å². The molecule has 3 N–H and O–H groups in total. The van der Waals surface area contributed by atoms with Crippen LogP contribution >= 0.6 is 0 Å². The van der Waals surface area contributed by atoms with Gasteiger partial charge in [-0.05, 0) is 23.1 Å². The molecule has 0 saturated carbocycles. The molecule has 21 heavy (non-hydrogen) atoms. The number of fused-ring (bicyclic) bond motifs is 3. The van der Waals surface area contributed by atoms with Crippen LogP contribution in [0.2, 0.25) is 0 Å². The molecule has 1 aromatic heterocycles. The van der Waals surface area contributed by atoms with Gasteiger partial charge in [0.25, 0.3) is 0 Å². The first kappa shape index (κ1) is 14.1. The third-order valence-corrected chi connectivity index (χ3v) is 3.69. The van der Waals surface area contributed by atoms with Crippen LogP contribution in [0.5, 0.6) is 0 Å². The van der Waals surface area contributed by atoms with Crippen molar-refractivity contribution < 1.29 is 19.7 Å². The molecule has 2 aromatic carbocycles. The molecule has 0 saturated heterocycles. The normalized spacial score (nSPS) is 13.2. The van der Waals surface area contributed by atoms with Gasteiger partial charge in [0.15, 0.2) is 0 Å². The summed E-state index contributed by atoms with van der Waals surface area (Å²) in [5, 5.41) is 30.9. The first-order valence-electron chi connectivity index (χ1n) is 6.82. The fourth-order valence-electron chi connectivity index (χ4n) is 2.79. The molecule has 0 atom stereocenters. The van der Waals surface area contributed by atoms with E-state index in [1.165, 1.54) is 0 Å². The first-order valence-corrected chi connectivity index (χ1v) is 6.82. The van der Waals surface area contributed by atoms with Crippen molar-refractivity contribution in [3.8, 4) is 0 Å². The van der Waals surface area contributed by atoms with E-state index in [-0.39, 0.29) is 11.0 Å². The second-order valence-electron chi connectivity index (χ2n) is 6.34. The summed E-state index contributed by atoms with van der Waals surface area (Å²) in [5.41, 5.74) is 1.54. The summed E-state index contributed by atoms with van der Waals surface area (Å²) in [6.45, 7) is 5.85. The van der Waals surface area contributed by atoms with E-state index in [4.69, 9.17) is 4.42 Å². The lowest BCUT2D eigenvalue weighted by Gasteiger charge is -2.27. The summed E-state index contributed by atoms with van der Waals surface area (Å²) < 4.78 is 5.72. The van der Waals surface area contributed by atoms with Gasteiger partial charge in [-0.2, -0.15) is 0 Å². The largest absolute Gasteiger partial charge is 0.456 e. The summed E-state index contributed by atoms with van der Waals surface area (Å²) in [6.07, 6.45) is 0. The number of hydrogen-bond donors (Lipinski definition) is 3. The SMILES string of the molecule is CC(C)(C)c1ccc2oc3ccccc3c2c1C(O)(O)O. The Hall–Kier alpha value is -1.88. The van der Waals surface area contributed by atoms with Crippen molar-refractivity contribution in [3.63, 3.8) is 0 Å². The second kappa shape index (κ2) is 4.31. The summed E-state index contributed by atoms with van der Waals surface area (Å²) >= 11 is 0. The molecule has 0 spiro atoms. The number of furan rings is 1. The molecular weight excluding hydrogens is 268 g/mol. The van der Waals surface area contributed by atoms with Crippen LogP contribution in [0.3, 0.4) is 0 Å². The predicted octanol–water partition coefficient (Wildman–Crippen LogP) is 2.97. The van der Waals surface area contributed by atoms with Crippen molar-refractivity contribution >= 4 is 21.9 Å². The molecule has 0 aliphatic carbocycles. The van der Waals surface area contributed by atoms with Crippen molar-refractivity contribution in [1.29, 1.82) is 0 Å². The minimum atomic E-state index is -2.92. The van der Waals surface area contributed by atoms with E-state index in [1.54, 1.807) is 12.1 Å². The Morgan fingerprint density at radius 1 is 0.857 bits per heavy atom. The molecule has 0 bridgehead atoms. The van der Waals surface area contributed by atoms with Gasteiger partial charge in [-0.1, -0.05) is 45.0 Å². The highest BCUT2D eigenvalue weighted by molar-refractivity contribution is 6.07. The second-order valence-corrected chi connectivity index (χ2v) is 6.34. The predicted molar refractivity (Wildman–Crippen MR) is 80.8 cm³/mol. The molecular formula is C17H18O4. The highest BCUT2D eigenvalue weighted by Gasteiger charge is 2.34. The van der Waals surface area contributed by atoms with E-state index >= 15 is 0 Å². The molecule has 0 unspecified atom stereocenters. The van der Waals surface area contributed by atoms with Crippen LogP contribution in [0.15, 0.2) is 40.8 Å². The molecule has 3 aromatic rings. The highest BCUT2D eigenvalue weighted by atomic mass is 16.7. The third-order valence-electron chi connectivity index (χ3n) is 3.69. The monoisotopic (exact) mass is 286 g/mol. The van der Waals surface area contributed by atoms with Crippen LogP contribution in [0, 0.1) is 0 Å². The van der Waals surface area contributed by atoms with Gasteiger partial charge < -0.3 is 19.7 Å². The van der Waals surface area contributed by atoms with Crippen LogP contribution < -0.4 is 0 Å². The smallest absolute Gasteiger partial charge is 0.305 e. The van der Waals surface area contributed by atoms with E-state index in [1.807, 2.05) is 45.0 Å². The molecule has 110 valence electrons. The van der Waals surface area contributed by atoms with Gasteiger partial charge in [-0.15, -0.1) is 0 Å². The van der Waals surface area contributed by atoms with Gasteiger partial charge in [-0.25, -0.2) is 0 Å². The minimum Gasteiger partial charge on any atom is -0.456 e. The summed E-state index contributed by atoms with van der Waals surface area (Å²) in [4.78, 5) is 0. The lowest BCUT2D eigenvalue weighted by Crippen LogP contribution is -2.29. The van der Waals surface area contributed by atoms with Crippen LogP contribution in [0.4, 0.5) is 0 Å². The van der Waals surface area contributed by atoms with Gasteiger partial charge in [0.1, 0.15) is 11.2 Å². The Kier molecular flexibility index (Phi) is 2.89. The number of hydrogen-bond acceptors (Lipinski definition) is 4. The Bertz CT molecular complexity index is 816. The molecule has 0 amide bonds. The van der Waals surface area contributed by atoms with Gasteiger partial charge >= 0.3 is 5.97 Å². The highest BCUT2D eigenvalue weighted by Crippen LogP contribution is 2.40. The van der Waals surface area contributed by atoms with Crippen LogP contribution in [0.1, 0.15) is 31.9 Å². The van der Waals surface area contributed by atoms with E-state index in [2.05, 4.69) is 0 Å². The lowest BCUT2D eigenvalue weighted by atomic mass is 9.81. The molecule has 0 radical (unpaired) electrons. The van der Waals surface area contributed by atoms with Crippen molar-refractivity contribution in [2.24, 2.45) is 0 Å². The molecule has 0 fully saturated rings. The van der Waals surface area contributed by atoms with Gasteiger partial charge in [0, 0.05) is 10.8 Å². The molecule has 3 rings (SSSR count). The number of aliphatic hydroxyl groups is 3. The van der Waals surface area contributed by atoms with Crippen molar-refractivity contribution in [2.75, 3.05) is 0 Å². The van der Waals surface area contributed by atoms with Crippen molar-refractivity contribution in [1.82, 2.24) is 0 Å². The molecule has 0 aliphatic heterocycles. The number of benzene rings is 2. The van der Waals surface area contributed by atoms with Crippen LogP contribution in [-0.2, 0) is 11.4 Å². The maximum atomic E-state index is 9.88. The minimum absolute atomic E-state index is 0.0810. The van der Waals surface area contributed by atoms with Gasteiger partial charge in [0.2, 0.25) is 0 Å².